The number of carbonyl (C=O) groups is 3. The van der Waals surface area contributed by atoms with Crippen LogP contribution in [0.5, 0.6) is 0 Å². The monoisotopic (exact) mass is 579 g/mol. The van der Waals surface area contributed by atoms with Crippen LogP contribution in [0.2, 0.25) is 0 Å². The average Bonchev–Trinajstić information content (AvgIpc) is 3.18. The number of likely N-dealkylation sites (tertiary alicyclic amines) is 1. The zero-order valence-corrected chi connectivity index (χ0v) is 21.1. The van der Waals surface area contributed by atoms with Gasteiger partial charge in [0.1, 0.15) is 0 Å². The van der Waals surface area contributed by atoms with Crippen molar-refractivity contribution in [1.29, 1.82) is 0 Å². The van der Waals surface area contributed by atoms with Gasteiger partial charge in [-0.25, -0.2) is 9.59 Å². The number of hydrogen-bond donors (Lipinski definition) is 3. The third-order valence-electron chi connectivity index (χ3n) is 5.90. The second-order valence-corrected chi connectivity index (χ2v) is 8.94. The van der Waals surface area contributed by atoms with Crippen LogP contribution in [-0.4, -0.2) is 75.6 Å². The Bertz CT molecular complexity index is 1120. The summed E-state index contributed by atoms with van der Waals surface area (Å²) in [6.45, 7) is 5.31. The number of nitrogens with one attached hydrogen (secondary N) is 1. The van der Waals surface area contributed by atoms with Gasteiger partial charge < -0.3 is 20.3 Å². The van der Waals surface area contributed by atoms with Crippen LogP contribution in [0, 0.1) is 12.8 Å². The van der Waals surface area contributed by atoms with Crippen molar-refractivity contribution < 1.29 is 55.7 Å². The van der Waals surface area contributed by atoms with Crippen LogP contribution >= 0.6 is 0 Å². The zero-order chi connectivity index (χ0) is 30.1. The number of carboxylic acids is 2. The van der Waals surface area contributed by atoms with Gasteiger partial charge in [-0.1, -0.05) is 30.3 Å². The van der Waals surface area contributed by atoms with Gasteiger partial charge in [0.15, 0.2) is 0 Å². The molecule has 15 heteroatoms. The second kappa shape index (κ2) is 14.1. The summed E-state index contributed by atoms with van der Waals surface area (Å²) < 4.78 is 69.5. The van der Waals surface area contributed by atoms with E-state index in [2.05, 4.69) is 46.4 Å². The molecule has 2 fully saturated rings. The molecule has 1 aromatic carbocycles. The third-order valence-corrected chi connectivity index (χ3v) is 5.90. The summed E-state index contributed by atoms with van der Waals surface area (Å²) >= 11 is 0. The van der Waals surface area contributed by atoms with E-state index in [9.17, 15) is 31.1 Å². The predicted octanol–water partition coefficient (Wildman–Crippen LogP) is 3.56. The van der Waals surface area contributed by atoms with Gasteiger partial charge >= 0.3 is 24.3 Å². The number of carboxylic acid groups (broad SMARTS) is 2. The molecular weight excluding hydrogens is 552 g/mol. The van der Waals surface area contributed by atoms with E-state index in [4.69, 9.17) is 24.5 Å². The molecule has 4 rings (SSSR count). The minimum Gasteiger partial charge on any atom is -0.475 e. The average molecular weight is 579 g/mol. The second-order valence-electron chi connectivity index (χ2n) is 8.94. The topological polar surface area (TPSA) is 129 Å². The molecule has 220 valence electrons. The fourth-order valence-corrected chi connectivity index (χ4v) is 3.99. The fraction of sp³-hybridized carbons (Fsp3) is 0.440. The van der Waals surface area contributed by atoms with Gasteiger partial charge in [0, 0.05) is 38.6 Å². The van der Waals surface area contributed by atoms with Crippen molar-refractivity contribution in [3.05, 3.63) is 65.5 Å². The Morgan fingerprint density at radius 2 is 1.60 bits per heavy atom. The van der Waals surface area contributed by atoms with Crippen molar-refractivity contribution in [2.45, 2.75) is 51.0 Å². The number of aliphatic carboxylic acids is 2. The van der Waals surface area contributed by atoms with Crippen LogP contribution in [0.1, 0.15) is 23.1 Å². The van der Waals surface area contributed by atoms with Crippen molar-refractivity contribution in [1.82, 2.24) is 15.2 Å². The SMILES string of the molecule is Cc1ccccc1CN1CC2CC(C(=O)NCc3cccnc3)C(C1)O2.O=C(O)C(F)(F)F.O=C(O)C(F)(F)F. The molecule has 1 amide bonds. The van der Waals surface area contributed by atoms with Gasteiger partial charge in [-0.05, 0) is 36.1 Å². The Morgan fingerprint density at radius 1 is 1.00 bits per heavy atom. The smallest absolute Gasteiger partial charge is 0.475 e. The molecule has 0 spiro atoms. The van der Waals surface area contributed by atoms with E-state index in [1.807, 2.05) is 12.1 Å². The number of amides is 1. The molecule has 0 aliphatic carbocycles. The lowest BCUT2D eigenvalue weighted by Gasteiger charge is -2.33. The number of aryl methyl sites for hydroxylation is 1. The molecule has 0 radical (unpaired) electrons. The summed E-state index contributed by atoms with van der Waals surface area (Å²) in [5.74, 6) is -5.47. The highest BCUT2D eigenvalue weighted by Crippen LogP contribution is 2.33. The summed E-state index contributed by atoms with van der Waals surface area (Å²) in [6.07, 6.45) is -5.68. The normalized spacial score (nSPS) is 20.3. The van der Waals surface area contributed by atoms with Crippen LogP contribution in [0.3, 0.4) is 0 Å². The Hall–Kier alpha value is -3.72. The molecule has 1 aromatic heterocycles. The first-order chi connectivity index (χ1) is 18.6. The van der Waals surface area contributed by atoms with Gasteiger partial charge in [0.05, 0.1) is 18.1 Å². The molecule has 3 atom stereocenters. The number of alkyl halides is 6. The number of benzene rings is 1. The highest BCUT2D eigenvalue weighted by molar-refractivity contribution is 5.79. The number of rotatable bonds is 5. The van der Waals surface area contributed by atoms with E-state index >= 15 is 0 Å². The minimum absolute atomic E-state index is 0.00772. The molecule has 2 aromatic rings. The van der Waals surface area contributed by atoms with Crippen LogP contribution < -0.4 is 5.32 Å². The van der Waals surface area contributed by atoms with Crippen molar-refractivity contribution in [3.63, 3.8) is 0 Å². The van der Waals surface area contributed by atoms with Crippen LogP contribution in [0.25, 0.3) is 0 Å². The van der Waals surface area contributed by atoms with E-state index < -0.39 is 24.3 Å². The highest BCUT2D eigenvalue weighted by atomic mass is 19.4. The highest BCUT2D eigenvalue weighted by Gasteiger charge is 2.44. The van der Waals surface area contributed by atoms with Gasteiger partial charge in [-0.2, -0.15) is 26.3 Å². The van der Waals surface area contributed by atoms with E-state index in [1.54, 1.807) is 12.4 Å². The largest absolute Gasteiger partial charge is 0.490 e. The molecule has 0 saturated carbocycles. The van der Waals surface area contributed by atoms with Crippen molar-refractivity contribution in [2.24, 2.45) is 5.92 Å². The summed E-state index contributed by atoms with van der Waals surface area (Å²) in [6, 6.07) is 12.4. The quantitative estimate of drug-likeness (QED) is 0.459. The lowest BCUT2D eigenvalue weighted by atomic mass is 9.99. The Kier molecular flexibility index (Phi) is 11.4. The Morgan fingerprint density at radius 3 is 2.12 bits per heavy atom. The third kappa shape index (κ3) is 10.4. The van der Waals surface area contributed by atoms with E-state index in [0.717, 1.165) is 31.6 Å². The molecule has 2 aliphatic rings. The van der Waals surface area contributed by atoms with E-state index in [0.29, 0.717) is 6.54 Å². The summed E-state index contributed by atoms with van der Waals surface area (Å²) in [5, 5.41) is 17.3. The maximum atomic E-state index is 12.7. The van der Waals surface area contributed by atoms with Crippen molar-refractivity contribution in [2.75, 3.05) is 13.1 Å². The standard InChI is InChI=1S/C21H25N3O2.2C2HF3O2/c1-15-5-2-3-7-17(15)12-24-13-18-9-19(20(14-24)26-18)21(25)23-11-16-6-4-8-22-10-16;2*3-2(4,5)1(6)7/h2-8,10,18-20H,9,11-14H2,1H3,(H,23,25);2*(H,6,7). The maximum Gasteiger partial charge on any atom is 0.490 e. The molecule has 2 saturated heterocycles. The van der Waals surface area contributed by atoms with Crippen molar-refractivity contribution >= 4 is 17.8 Å². The van der Waals surface area contributed by atoms with Gasteiger partial charge in [0.2, 0.25) is 5.91 Å². The first-order valence-corrected chi connectivity index (χ1v) is 11.8. The zero-order valence-electron chi connectivity index (χ0n) is 21.1. The Labute approximate surface area is 224 Å². The lowest BCUT2D eigenvalue weighted by molar-refractivity contribution is -0.193. The van der Waals surface area contributed by atoms with E-state index in [1.165, 1.54) is 11.1 Å². The van der Waals surface area contributed by atoms with Crippen LogP contribution in [0.4, 0.5) is 26.3 Å². The lowest BCUT2D eigenvalue weighted by Crippen LogP contribution is -2.45. The van der Waals surface area contributed by atoms with E-state index in [-0.39, 0.29) is 24.0 Å². The number of ether oxygens (including phenoxy) is 1. The predicted molar refractivity (Wildman–Crippen MR) is 127 cm³/mol. The van der Waals surface area contributed by atoms with Crippen LogP contribution in [0.15, 0.2) is 48.8 Å². The fourth-order valence-electron chi connectivity index (χ4n) is 3.99. The van der Waals surface area contributed by atoms with Gasteiger partial charge in [-0.15, -0.1) is 0 Å². The number of pyridine rings is 1. The number of halogens is 6. The Balaban J connectivity index is 0.000000333. The number of aromatic nitrogens is 1. The summed E-state index contributed by atoms with van der Waals surface area (Å²) in [4.78, 5) is 37.0. The number of carbonyl (C=O) groups excluding carboxylic acids is 1. The number of morpholine rings is 1. The van der Waals surface area contributed by atoms with Gasteiger partial charge in [-0.3, -0.25) is 14.7 Å². The van der Waals surface area contributed by atoms with Crippen LogP contribution in [-0.2, 0) is 32.2 Å². The molecule has 3 heterocycles. The van der Waals surface area contributed by atoms with Gasteiger partial charge in [0.25, 0.3) is 0 Å². The molecule has 3 N–H and O–H groups in total. The first kappa shape index (κ1) is 32.5. The molecule has 3 unspecified atom stereocenters. The molecule has 40 heavy (non-hydrogen) atoms. The number of hydrogen-bond acceptors (Lipinski definition) is 6. The molecule has 2 bridgehead atoms. The summed E-state index contributed by atoms with van der Waals surface area (Å²) in [7, 11) is 0. The number of nitrogens with zero attached hydrogens (tertiary/aromatic N) is 2. The first-order valence-electron chi connectivity index (χ1n) is 11.8. The molecule has 9 nitrogen and oxygen atoms in total. The molecule has 2 aliphatic heterocycles. The molecular formula is C25H27F6N3O6. The maximum absolute atomic E-state index is 12.7. The minimum atomic E-state index is -5.08. The number of fused-ring (bicyclic) bond motifs is 2. The van der Waals surface area contributed by atoms with Crippen molar-refractivity contribution in [3.8, 4) is 0 Å². The summed E-state index contributed by atoms with van der Waals surface area (Å²) in [5.41, 5.74) is 3.69.